The van der Waals surface area contributed by atoms with E-state index in [0.717, 1.165) is 19.6 Å². The Morgan fingerprint density at radius 2 is 1.48 bits per heavy atom. The van der Waals surface area contributed by atoms with Gasteiger partial charge >= 0.3 is 0 Å². The van der Waals surface area contributed by atoms with Gasteiger partial charge in [0.2, 0.25) is 11.8 Å². The number of likely N-dealkylation sites (N-methyl/N-ethyl adjacent to an activating group) is 1. The molecule has 0 spiro atoms. The lowest BCUT2D eigenvalue weighted by Crippen LogP contribution is -2.50. The topological polar surface area (TPSA) is 90.0 Å². The molecule has 2 heterocycles. The molecule has 0 saturated carbocycles. The summed E-state index contributed by atoms with van der Waals surface area (Å²) in [5.74, 6) is 0.388. The predicted octanol–water partition coefficient (Wildman–Crippen LogP) is 1.65. The molecule has 8 nitrogen and oxygen atoms in total. The lowest BCUT2D eigenvalue weighted by Gasteiger charge is -2.32. The van der Waals surface area contributed by atoms with E-state index in [1.807, 2.05) is 32.6 Å². The van der Waals surface area contributed by atoms with Gasteiger partial charge in [0, 0.05) is 50.3 Å². The number of nitrogens with one attached hydrogen (secondary N) is 1. The van der Waals surface area contributed by atoms with E-state index in [4.69, 9.17) is 0 Å². The van der Waals surface area contributed by atoms with Crippen LogP contribution in [-0.2, 0) is 19.2 Å². The molecule has 184 valence electrons. The zero-order valence-electron chi connectivity index (χ0n) is 20.8. The summed E-state index contributed by atoms with van der Waals surface area (Å²) in [5.41, 5.74) is 0.708. The standard InChI is InChI=1S/C13H22N2O2.C12H18N2O2/c1-4-14-8-9-15(13(17)10-14)7-5-6-12(16)11(2)3;1-9(2)11(15)5-4-6-14-7-10(3)13-12(16)8-14/h5-6,11H,4,7-10H2,1-3H3;4-5,9H,3,6-8H2,1-2H3,(H,13,16)/b6-5+;5-4+. The molecule has 0 aromatic heterocycles. The second kappa shape index (κ2) is 14.5. The Labute approximate surface area is 198 Å². The van der Waals surface area contributed by atoms with Crippen LogP contribution in [0.5, 0.6) is 0 Å². The van der Waals surface area contributed by atoms with Crippen LogP contribution in [-0.4, -0.2) is 90.4 Å². The summed E-state index contributed by atoms with van der Waals surface area (Å²) in [6.45, 7) is 18.5. The van der Waals surface area contributed by atoms with Crippen molar-refractivity contribution in [1.29, 1.82) is 0 Å². The second-order valence-electron chi connectivity index (χ2n) is 8.95. The third-order valence-corrected chi connectivity index (χ3v) is 5.33. The quantitative estimate of drug-likeness (QED) is 0.526. The number of piperazine rings is 2. The zero-order valence-corrected chi connectivity index (χ0v) is 20.8. The molecule has 2 amide bonds. The molecule has 2 fully saturated rings. The van der Waals surface area contributed by atoms with Gasteiger partial charge in [-0.15, -0.1) is 0 Å². The highest BCUT2D eigenvalue weighted by Crippen LogP contribution is 2.04. The molecule has 1 N–H and O–H groups in total. The number of nitrogens with zero attached hydrogens (tertiary/aromatic N) is 3. The molecule has 0 aromatic carbocycles. The van der Waals surface area contributed by atoms with Gasteiger partial charge in [-0.3, -0.25) is 29.0 Å². The third-order valence-electron chi connectivity index (χ3n) is 5.33. The first kappa shape index (κ1) is 28.5. The average molecular weight is 461 g/mol. The van der Waals surface area contributed by atoms with E-state index in [9.17, 15) is 19.2 Å². The van der Waals surface area contributed by atoms with Crippen LogP contribution >= 0.6 is 0 Å². The molecule has 2 saturated heterocycles. The van der Waals surface area contributed by atoms with E-state index in [-0.39, 0.29) is 35.2 Å². The van der Waals surface area contributed by atoms with Gasteiger partial charge in [-0.2, -0.15) is 0 Å². The molecule has 0 unspecified atom stereocenters. The van der Waals surface area contributed by atoms with Crippen LogP contribution in [0.3, 0.4) is 0 Å². The average Bonchev–Trinajstić information content (AvgIpc) is 2.74. The third kappa shape index (κ3) is 11.2. The lowest BCUT2D eigenvalue weighted by atomic mass is 10.1. The van der Waals surface area contributed by atoms with Gasteiger partial charge in [-0.05, 0) is 18.7 Å². The van der Waals surface area contributed by atoms with E-state index in [0.29, 0.717) is 38.4 Å². The number of ketones is 2. The van der Waals surface area contributed by atoms with Gasteiger partial charge < -0.3 is 10.2 Å². The second-order valence-corrected chi connectivity index (χ2v) is 8.95. The summed E-state index contributed by atoms with van der Waals surface area (Å²) in [6, 6.07) is 0. The molecule has 33 heavy (non-hydrogen) atoms. The Hall–Kier alpha value is -2.58. The van der Waals surface area contributed by atoms with Gasteiger partial charge in [0.15, 0.2) is 11.6 Å². The molecule has 2 rings (SSSR count). The molecule has 2 aliphatic rings. The van der Waals surface area contributed by atoms with Gasteiger partial charge in [0.25, 0.3) is 0 Å². The minimum atomic E-state index is -0.0418. The molecule has 0 bridgehead atoms. The number of amides is 2. The Balaban J connectivity index is 0.000000331. The van der Waals surface area contributed by atoms with Crippen molar-refractivity contribution in [3.63, 3.8) is 0 Å². The molecule has 2 aliphatic heterocycles. The molecule has 0 aliphatic carbocycles. The van der Waals surface area contributed by atoms with Crippen LogP contribution in [0, 0.1) is 11.8 Å². The number of allylic oxidation sites excluding steroid dienone is 2. The van der Waals surface area contributed by atoms with E-state index in [2.05, 4.69) is 23.7 Å². The van der Waals surface area contributed by atoms with Crippen molar-refractivity contribution in [2.45, 2.75) is 34.6 Å². The lowest BCUT2D eigenvalue weighted by molar-refractivity contribution is -0.135. The Bertz CT molecular complexity index is 754. The molecule has 0 aromatic rings. The Kier molecular flexibility index (Phi) is 12.5. The van der Waals surface area contributed by atoms with E-state index >= 15 is 0 Å². The molecule has 8 heteroatoms. The van der Waals surface area contributed by atoms with Crippen molar-refractivity contribution in [3.8, 4) is 0 Å². The zero-order chi connectivity index (χ0) is 25.0. The molecular formula is C25H40N4O4. The smallest absolute Gasteiger partial charge is 0.238 e. The molecule has 0 radical (unpaired) electrons. The van der Waals surface area contributed by atoms with Crippen molar-refractivity contribution in [2.24, 2.45) is 11.8 Å². The number of hydrogen-bond donors (Lipinski definition) is 1. The van der Waals surface area contributed by atoms with Gasteiger partial charge in [0.1, 0.15) is 0 Å². The van der Waals surface area contributed by atoms with Crippen molar-refractivity contribution in [2.75, 3.05) is 52.4 Å². The van der Waals surface area contributed by atoms with Crippen LogP contribution in [0.4, 0.5) is 0 Å². The van der Waals surface area contributed by atoms with Crippen molar-refractivity contribution in [3.05, 3.63) is 36.6 Å². The SMILES string of the molecule is C=C1CN(C/C=C/C(=O)C(C)C)CC(=O)N1.CCN1CCN(C/C=C/C(=O)C(C)C)C(=O)C1. The predicted molar refractivity (Wildman–Crippen MR) is 130 cm³/mol. The molecular weight excluding hydrogens is 420 g/mol. The van der Waals surface area contributed by atoms with Gasteiger partial charge in [-0.25, -0.2) is 0 Å². The summed E-state index contributed by atoms with van der Waals surface area (Å²) >= 11 is 0. The minimum Gasteiger partial charge on any atom is -0.337 e. The van der Waals surface area contributed by atoms with Crippen LogP contribution in [0.2, 0.25) is 0 Å². The van der Waals surface area contributed by atoms with Crippen molar-refractivity contribution in [1.82, 2.24) is 20.0 Å². The van der Waals surface area contributed by atoms with Crippen LogP contribution in [0.25, 0.3) is 0 Å². The first-order chi connectivity index (χ1) is 15.5. The van der Waals surface area contributed by atoms with Crippen LogP contribution < -0.4 is 5.32 Å². The van der Waals surface area contributed by atoms with Gasteiger partial charge in [0.05, 0.1) is 13.1 Å². The summed E-state index contributed by atoms with van der Waals surface area (Å²) in [6.07, 6.45) is 6.76. The maximum atomic E-state index is 11.7. The normalized spacial score (nSPS) is 18.3. The summed E-state index contributed by atoms with van der Waals surface area (Å²) in [4.78, 5) is 51.5. The van der Waals surface area contributed by atoms with E-state index in [1.54, 1.807) is 29.2 Å². The van der Waals surface area contributed by atoms with Crippen molar-refractivity contribution < 1.29 is 19.2 Å². The number of carbonyl (C=O) groups is 4. The van der Waals surface area contributed by atoms with Gasteiger partial charge in [-0.1, -0.05) is 53.3 Å². The largest absolute Gasteiger partial charge is 0.337 e. The highest BCUT2D eigenvalue weighted by molar-refractivity contribution is 5.91. The number of hydrogen-bond acceptors (Lipinski definition) is 6. The van der Waals surface area contributed by atoms with E-state index in [1.165, 1.54) is 0 Å². The van der Waals surface area contributed by atoms with Crippen molar-refractivity contribution >= 4 is 23.4 Å². The summed E-state index contributed by atoms with van der Waals surface area (Å²) < 4.78 is 0. The van der Waals surface area contributed by atoms with Crippen LogP contribution in [0.1, 0.15) is 34.6 Å². The first-order valence-corrected chi connectivity index (χ1v) is 11.6. The van der Waals surface area contributed by atoms with E-state index < -0.39 is 0 Å². The Morgan fingerprint density at radius 1 is 0.909 bits per heavy atom. The maximum Gasteiger partial charge on any atom is 0.238 e. The van der Waals surface area contributed by atoms with Crippen LogP contribution in [0.15, 0.2) is 36.6 Å². The first-order valence-electron chi connectivity index (χ1n) is 11.6. The minimum absolute atomic E-state index is 0.0240. The number of rotatable bonds is 9. The monoisotopic (exact) mass is 460 g/mol. The highest BCUT2D eigenvalue weighted by Gasteiger charge is 2.21. The fourth-order valence-corrected chi connectivity index (χ4v) is 3.15. The Morgan fingerprint density at radius 3 is 1.97 bits per heavy atom. The fourth-order valence-electron chi connectivity index (χ4n) is 3.15. The molecule has 0 atom stereocenters. The summed E-state index contributed by atoms with van der Waals surface area (Å²) in [5, 5.41) is 2.66. The highest BCUT2D eigenvalue weighted by atomic mass is 16.2. The fraction of sp³-hybridized carbons (Fsp3) is 0.600. The summed E-state index contributed by atoms with van der Waals surface area (Å²) in [7, 11) is 0. The maximum absolute atomic E-state index is 11.7. The number of carbonyl (C=O) groups excluding carboxylic acids is 4.